The third kappa shape index (κ3) is 1.34. The Balaban J connectivity index is 2.26. The first kappa shape index (κ1) is 8.08. The molecule has 0 aliphatic heterocycles. The first-order valence-corrected chi connectivity index (χ1v) is 4.61. The average molecular weight is 186 g/mol. The molecule has 0 amide bonds. The molecule has 0 radical (unpaired) electrons. The van der Waals surface area contributed by atoms with Gasteiger partial charge in [0.05, 0.1) is 6.20 Å². The van der Waals surface area contributed by atoms with Crippen molar-refractivity contribution < 1.29 is 0 Å². The minimum absolute atomic E-state index is 0.621. The maximum Gasteiger partial charge on any atom is 0.128 e. The number of aromatic nitrogens is 2. The standard InChI is InChI=1S/C8H12ClN3/c9-7-5-11-8(6-1-2-6)12(7)4-3-10/h5-6H,1-4,10H2. The van der Waals surface area contributed by atoms with E-state index in [9.17, 15) is 0 Å². The van der Waals surface area contributed by atoms with Crippen molar-refractivity contribution in [2.45, 2.75) is 25.3 Å². The van der Waals surface area contributed by atoms with Crippen LogP contribution in [0.3, 0.4) is 0 Å². The molecule has 1 aromatic heterocycles. The van der Waals surface area contributed by atoms with Crippen LogP contribution >= 0.6 is 11.6 Å². The minimum atomic E-state index is 0.621. The maximum atomic E-state index is 5.94. The molecule has 4 heteroatoms. The van der Waals surface area contributed by atoms with E-state index in [1.54, 1.807) is 6.20 Å². The van der Waals surface area contributed by atoms with E-state index in [0.717, 1.165) is 12.4 Å². The lowest BCUT2D eigenvalue weighted by molar-refractivity contribution is 0.663. The number of halogens is 1. The van der Waals surface area contributed by atoms with Crippen molar-refractivity contribution >= 4 is 11.6 Å². The highest BCUT2D eigenvalue weighted by Gasteiger charge is 2.28. The molecular formula is C8H12ClN3. The smallest absolute Gasteiger partial charge is 0.128 e. The maximum absolute atomic E-state index is 5.94. The Hall–Kier alpha value is -0.540. The number of hydrogen-bond acceptors (Lipinski definition) is 2. The highest BCUT2D eigenvalue weighted by molar-refractivity contribution is 6.29. The molecule has 1 aliphatic carbocycles. The monoisotopic (exact) mass is 185 g/mol. The second-order valence-electron chi connectivity index (χ2n) is 3.15. The fourth-order valence-electron chi connectivity index (χ4n) is 1.39. The van der Waals surface area contributed by atoms with Gasteiger partial charge in [0.15, 0.2) is 0 Å². The fourth-order valence-corrected chi connectivity index (χ4v) is 1.61. The topological polar surface area (TPSA) is 43.8 Å². The van der Waals surface area contributed by atoms with Crippen molar-refractivity contribution in [2.24, 2.45) is 5.73 Å². The van der Waals surface area contributed by atoms with Gasteiger partial charge in [0.25, 0.3) is 0 Å². The number of rotatable bonds is 3. The molecular weight excluding hydrogens is 174 g/mol. The number of nitrogens with zero attached hydrogens (tertiary/aromatic N) is 2. The summed E-state index contributed by atoms with van der Waals surface area (Å²) in [6.45, 7) is 1.40. The third-order valence-corrected chi connectivity index (χ3v) is 2.43. The Bertz CT molecular complexity index is 278. The van der Waals surface area contributed by atoms with Gasteiger partial charge in [-0.05, 0) is 12.8 Å². The number of hydrogen-bond donors (Lipinski definition) is 1. The third-order valence-electron chi connectivity index (χ3n) is 2.13. The molecule has 0 saturated heterocycles. The van der Waals surface area contributed by atoms with Crippen LogP contribution in [0, 0.1) is 0 Å². The van der Waals surface area contributed by atoms with E-state index < -0.39 is 0 Å². The Kier molecular flexibility index (Phi) is 2.07. The van der Waals surface area contributed by atoms with Crippen LogP contribution < -0.4 is 5.73 Å². The van der Waals surface area contributed by atoms with Gasteiger partial charge in [0.1, 0.15) is 11.0 Å². The lowest BCUT2D eigenvalue weighted by atomic mass is 10.4. The van der Waals surface area contributed by atoms with Crippen LogP contribution in [0.15, 0.2) is 6.20 Å². The average Bonchev–Trinajstić information content (AvgIpc) is 2.82. The SMILES string of the molecule is NCCn1c(Cl)cnc1C1CC1. The second kappa shape index (κ2) is 3.07. The van der Waals surface area contributed by atoms with E-state index in [1.807, 2.05) is 4.57 Å². The molecule has 0 bridgehead atoms. The van der Waals surface area contributed by atoms with Gasteiger partial charge < -0.3 is 10.3 Å². The zero-order valence-electron chi connectivity index (χ0n) is 6.83. The summed E-state index contributed by atoms with van der Waals surface area (Å²) in [5.41, 5.74) is 5.47. The molecule has 0 aromatic carbocycles. The van der Waals surface area contributed by atoms with E-state index in [1.165, 1.54) is 12.8 Å². The molecule has 2 rings (SSSR count). The normalized spacial score (nSPS) is 16.8. The van der Waals surface area contributed by atoms with Crippen molar-refractivity contribution in [3.05, 3.63) is 17.2 Å². The van der Waals surface area contributed by atoms with Gasteiger partial charge in [-0.2, -0.15) is 0 Å². The predicted octanol–water partition coefficient (Wildman–Crippen LogP) is 1.37. The van der Waals surface area contributed by atoms with Gasteiger partial charge in [-0.1, -0.05) is 11.6 Å². The molecule has 0 spiro atoms. The quantitative estimate of drug-likeness (QED) is 0.773. The summed E-state index contributed by atoms with van der Waals surface area (Å²) in [5.74, 6) is 1.76. The Morgan fingerprint density at radius 1 is 1.67 bits per heavy atom. The highest BCUT2D eigenvalue weighted by atomic mass is 35.5. The summed E-state index contributed by atoms with van der Waals surface area (Å²) in [4.78, 5) is 4.27. The highest BCUT2D eigenvalue weighted by Crippen LogP contribution is 2.39. The fraction of sp³-hybridized carbons (Fsp3) is 0.625. The van der Waals surface area contributed by atoms with Crippen LogP contribution in [0.1, 0.15) is 24.6 Å². The van der Waals surface area contributed by atoms with Crippen LogP contribution in [-0.4, -0.2) is 16.1 Å². The minimum Gasteiger partial charge on any atom is -0.329 e. The van der Waals surface area contributed by atoms with Gasteiger partial charge in [0.2, 0.25) is 0 Å². The molecule has 2 N–H and O–H groups in total. The van der Waals surface area contributed by atoms with Gasteiger partial charge >= 0.3 is 0 Å². The van der Waals surface area contributed by atoms with E-state index in [0.29, 0.717) is 17.6 Å². The first-order chi connectivity index (χ1) is 5.83. The predicted molar refractivity (Wildman–Crippen MR) is 48.3 cm³/mol. The summed E-state index contributed by atoms with van der Waals surface area (Å²) >= 11 is 5.94. The van der Waals surface area contributed by atoms with Crippen LogP contribution in [0.4, 0.5) is 0 Å². The van der Waals surface area contributed by atoms with E-state index in [4.69, 9.17) is 17.3 Å². The molecule has 0 atom stereocenters. The summed E-state index contributed by atoms with van der Waals surface area (Å²) in [7, 11) is 0. The van der Waals surface area contributed by atoms with Crippen LogP contribution in [0.25, 0.3) is 0 Å². The van der Waals surface area contributed by atoms with E-state index in [-0.39, 0.29) is 0 Å². The summed E-state index contributed by atoms with van der Waals surface area (Å²) in [6.07, 6.45) is 4.21. The van der Waals surface area contributed by atoms with Crippen molar-refractivity contribution in [2.75, 3.05) is 6.54 Å². The van der Waals surface area contributed by atoms with E-state index >= 15 is 0 Å². The molecule has 66 valence electrons. The number of imidazole rings is 1. The number of nitrogens with two attached hydrogens (primary N) is 1. The first-order valence-electron chi connectivity index (χ1n) is 4.24. The molecule has 1 aliphatic rings. The zero-order valence-corrected chi connectivity index (χ0v) is 7.59. The Morgan fingerprint density at radius 2 is 2.42 bits per heavy atom. The van der Waals surface area contributed by atoms with Crippen molar-refractivity contribution in [3.63, 3.8) is 0 Å². The second-order valence-corrected chi connectivity index (χ2v) is 3.54. The van der Waals surface area contributed by atoms with Crippen LogP contribution in [0.2, 0.25) is 5.15 Å². The zero-order chi connectivity index (χ0) is 8.55. The molecule has 1 saturated carbocycles. The van der Waals surface area contributed by atoms with Gasteiger partial charge in [-0.15, -0.1) is 0 Å². The molecule has 3 nitrogen and oxygen atoms in total. The molecule has 1 fully saturated rings. The largest absolute Gasteiger partial charge is 0.329 e. The van der Waals surface area contributed by atoms with Crippen molar-refractivity contribution in [1.82, 2.24) is 9.55 Å². The van der Waals surface area contributed by atoms with Gasteiger partial charge in [-0.25, -0.2) is 4.98 Å². The van der Waals surface area contributed by atoms with Crippen LogP contribution in [0.5, 0.6) is 0 Å². The summed E-state index contributed by atoms with van der Waals surface area (Å²) in [6, 6.07) is 0. The van der Waals surface area contributed by atoms with Gasteiger partial charge in [0, 0.05) is 19.0 Å². The van der Waals surface area contributed by atoms with E-state index in [2.05, 4.69) is 4.98 Å². The van der Waals surface area contributed by atoms with Crippen LogP contribution in [-0.2, 0) is 6.54 Å². The molecule has 0 unspecified atom stereocenters. The van der Waals surface area contributed by atoms with Crippen molar-refractivity contribution in [1.29, 1.82) is 0 Å². The summed E-state index contributed by atoms with van der Waals surface area (Å²) < 4.78 is 2.01. The Labute approximate surface area is 76.5 Å². The lowest BCUT2D eigenvalue weighted by Crippen LogP contribution is -2.12. The Morgan fingerprint density at radius 3 is 3.00 bits per heavy atom. The van der Waals surface area contributed by atoms with Gasteiger partial charge in [-0.3, -0.25) is 0 Å². The lowest BCUT2D eigenvalue weighted by Gasteiger charge is -2.05. The molecule has 12 heavy (non-hydrogen) atoms. The molecule has 1 aromatic rings. The summed E-state index contributed by atoms with van der Waals surface area (Å²) in [5, 5.41) is 0.711. The molecule has 1 heterocycles. The van der Waals surface area contributed by atoms with Crippen molar-refractivity contribution in [3.8, 4) is 0 Å².